The normalized spacial score (nSPS) is 9.56. The van der Waals surface area contributed by atoms with Crippen molar-refractivity contribution < 1.29 is 4.39 Å². The molecule has 0 radical (unpaired) electrons. The van der Waals surface area contributed by atoms with Gasteiger partial charge in [0.15, 0.2) is 0 Å². The Kier molecular flexibility index (Phi) is 2.29. The zero-order chi connectivity index (χ0) is 6.69. The van der Waals surface area contributed by atoms with E-state index in [1.54, 1.807) is 16.9 Å². The summed E-state index contributed by atoms with van der Waals surface area (Å²) in [6.45, 7) is 0. The Morgan fingerprint density at radius 2 is 1.78 bits per heavy atom. The summed E-state index contributed by atoms with van der Waals surface area (Å²) in [6.07, 6.45) is 0. The molecule has 1 aromatic rings. The molecule has 0 aliphatic carbocycles. The summed E-state index contributed by atoms with van der Waals surface area (Å²) in [5.41, 5.74) is 1.20. The Balaban J connectivity index is 2.88. The first kappa shape index (κ1) is 6.82. The molecule has 0 spiro atoms. The average Bonchev–Trinajstić information content (AvgIpc) is 1.90. The summed E-state index contributed by atoms with van der Waals surface area (Å²) < 4.78 is 12.2. The van der Waals surface area contributed by atoms with Crippen molar-refractivity contribution >= 4 is 16.9 Å². The van der Waals surface area contributed by atoms with Crippen LogP contribution in [0.5, 0.6) is 0 Å². The van der Waals surface area contributed by atoms with Crippen molar-refractivity contribution in [2.75, 3.05) is 0 Å². The van der Waals surface area contributed by atoms with Crippen LogP contribution in [-0.4, -0.2) is 16.9 Å². The first-order chi connectivity index (χ1) is 4.33. The maximum absolute atomic E-state index is 12.2. The summed E-state index contributed by atoms with van der Waals surface area (Å²) in [7, 11) is 0. The molecule has 0 fully saturated rings. The Hall–Kier alpha value is -0.292. The van der Waals surface area contributed by atoms with Gasteiger partial charge in [0.2, 0.25) is 0 Å². The van der Waals surface area contributed by atoms with Gasteiger partial charge < -0.3 is 0 Å². The SMILES string of the molecule is Fc1ccc(C[AsH2])cc1. The van der Waals surface area contributed by atoms with E-state index in [1.165, 1.54) is 17.7 Å². The van der Waals surface area contributed by atoms with Crippen LogP contribution in [0.25, 0.3) is 0 Å². The summed E-state index contributed by atoms with van der Waals surface area (Å²) >= 11 is 1.65. The second-order valence-corrected chi connectivity index (χ2v) is 2.69. The molecular weight excluding hydrogens is 178 g/mol. The number of hydrogen-bond acceptors (Lipinski definition) is 0. The van der Waals surface area contributed by atoms with Gasteiger partial charge in [0.05, 0.1) is 0 Å². The molecule has 0 aromatic heterocycles. The standard InChI is InChI=1S/C7H8AsF/c8-5-6-1-3-7(9)4-2-6/h1-4H,5,8H2. The minimum absolute atomic E-state index is 0.153. The van der Waals surface area contributed by atoms with Gasteiger partial charge in [-0.3, -0.25) is 0 Å². The van der Waals surface area contributed by atoms with Gasteiger partial charge in [-0.05, 0) is 0 Å². The molecule has 0 amide bonds. The molecule has 0 nitrogen and oxygen atoms in total. The van der Waals surface area contributed by atoms with E-state index in [2.05, 4.69) is 0 Å². The van der Waals surface area contributed by atoms with E-state index in [0.717, 1.165) is 5.21 Å². The fraction of sp³-hybridized carbons (Fsp3) is 0.143. The third-order valence-electron chi connectivity index (χ3n) is 1.15. The zero-order valence-corrected chi connectivity index (χ0v) is 7.39. The van der Waals surface area contributed by atoms with E-state index < -0.39 is 0 Å². The van der Waals surface area contributed by atoms with Crippen LogP contribution in [0.3, 0.4) is 0 Å². The van der Waals surface area contributed by atoms with Gasteiger partial charge in [-0.15, -0.1) is 0 Å². The van der Waals surface area contributed by atoms with Crippen molar-refractivity contribution in [1.82, 2.24) is 0 Å². The van der Waals surface area contributed by atoms with E-state index in [0.29, 0.717) is 0 Å². The Labute approximate surface area is 62.6 Å². The summed E-state index contributed by atoms with van der Waals surface area (Å²) in [4.78, 5) is 0. The van der Waals surface area contributed by atoms with Gasteiger partial charge in [-0.25, -0.2) is 0 Å². The minimum atomic E-state index is -0.153. The van der Waals surface area contributed by atoms with Crippen LogP contribution in [-0.2, 0) is 5.21 Å². The van der Waals surface area contributed by atoms with Crippen LogP contribution in [0.4, 0.5) is 4.39 Å². The van der Waals surface area contributed by atoms with Crippen LogP contribution in [0.15, 0.2) is 24.3 Å². The van der Waals surface area contributed by atoms with Crippen molar-refractivity contribution in [2.24, 2.45) is 0 Å². The summed E-state index contributed by atoms with van der Waals surface area (Å²) in [6, 6.07) is 6.62. The zero-order valence-electron chi connectivity index (χ0n) is 4.97. The predicted octanol–water partition coefficient (Wildman–Crippen LogP) is 0.959. The van der Waals surface area contributed by atoms with Crippen LogP contribution >= 0.6 is 0 Å². The van der Waals surface area contributed by atoms with Gasteiger partial charge in [-0.2, -0.15) is 0 Å². The Morgan fingerprint density at radius 3 is 2.22 bits per heavy atom. The number of hydrogen-bond donors (Lipinski definition) is 0. The molecule has 1 aromatic carbocycles. The van der Waals surface area contributed by atoms with E-state index >= 15 is 0 Å². The Morgan fingerprint density at radius 1 is 1.22 bits per heavy atom. The first-order valence-electron chi connectivity index (χ1n) is 2.77. The van der Waals surface area contributed by atoms with Crippen LogP contribution in [0, 0.1) is 5.82 Å². The molecule has 1 unspecified atom stereocenters. The summed E-state index contributed by atoms with van der Waals surface area (Å²) in [5.74, 6) is -0.153. The fourth-order valence-electron chi connectivity index (χ4n) is 0.620. The van der Waals surface area contributed by atoms with E-state index in [-0.39, 0.29) is 5.82 Å². The van der Waals surface area contributed by atoms with Crippen molar-refractivity contribution in [3.8, 4) is 0 Å². The van der Waals surface area contributed by atoms with Crippen molar-refractivity contribution in [3.05, 3.63) is 35.6 Å². The summed E-state index contributed by atoms with van der Waals surface area (Å²) in [5, 5.41) is 1.04. The van der Waals surface area contributed by atoms with Gasteiger partial charge in [0.25, 0.3) is 0 Å². The molecule has 1 rings (SSSR count). The molecule has 0 N–H and O–H groups in total. The predicted molar refractivity (Wildman–Crippen MR) is 38.6 cm³/mol. The second-order valence-electron chi connectivity index (χ2n) is 1.83. The molecular formula is C7H8AsF. The van der Waals surface area contributed by atoms with Crippen LogP contribution in [0.1, 0.15) is 5.56 Å². The number of halogens is 1. The quantitative estimate of drug-likeness (QED) is 0.573. The number of benzene rings is 1. The molecule has 2 heteroatoms. The Bertz CT molecular complexity index is 181. The average molecular weight is 186 g/mol. The number of rotatable bonds is 1. The topological polar surface area (TPSA) is 0 Å². The van der Waals surface area contributed by atoms with E-state index in [1.807, 2.05) is 12.1 Å². The molecule has 0 aliphatic rings. The monoisotopic (exact) mass is 186 g/mol. The maximum atomic E-state index is 12.2. The molecule has 0 aliphatic heterocycles. The second kappa shape index (κ2) is 3.03. The van der Waals surface area contributed by atoms with Crippen molar-refractivity contribution in [1.29, 1.82) is 0 Å². The van der Waals surface area contributed by atoms with Crippen LogP contribution in [0.2, 0.25) is 0 Å². The molecule has 1 atom stereocenters. The molecule has 9 heavy (non-hydrogen) atoms. The van der Waals surface area contributed by atoms with E-state index in [9.17, 15) is 4.39 Å². The molecule has 0 saturated heterocycles. The van der Waals surface area contributed by atoms with Gasteiger partial charge in [0.1, 0.15) is 0 Å². The molecule has 0 saturated carbocycles. The fourth-order valence-corrected chi connectivity index (χ4v) is 1.19. The van der Waals surface area contributed by atoms with Gasteiger partial charge in [-0.1, -0.05) is 0 Å². The van der Waals surface area contributed by atoms with Crippen LogP contribution < -0.4 is 0 Å². The first-order valence-corrected chi connectivity index (χ1v) is 4.49. The molecule has 0 bridgehead atoms. The van der Waals surface area contributed by atoms with E-state index in [4.69, 9.17) is 0 Å². The van der Waals surface area contributed by atoms with Crippen molar-refractivity contribution in [3.63, 3.8) is 0 Å². The molecule has 0 heterocycles. The van der Waals surface area contributed by atoms with Gasteiger partial charge in [0, 0.05) is 0 Å². The van der Waals surface area contributed by atoms with Crippen molar-refractivity contribution in [2.45, 2.75) is 5.21 Å². The third-order valence-corrected chi connectivity index (χ3v) is 2.14. The van der Waals surface area contributed by atoms with Gasteiger partial charge >= 0.3 is 62.1 Å². The molecule has 48 valence electrons. The third kappa shape index (κ3) is 1.83.